The Labute approximate surface area is 199 Å². The van der Waals surface area contributed by atoms with Gasteiger partial charge in [0.25, 0.3) is 5.91 Å². The second-order valence-electron chi connectivity index (χ2n) is 9.71. The maximum atomic E-state index is 13.0. The Morgan fingerprint density at radius 2 is 1.79 bits per heavy atom. The highest BCUT2D eigenvalue weighted by Gasteiger charge is 2.39. The van der Waals surface area contributed by atoms with E-state index in [0.29, 0.717) is 18.5 Å². The maximum Gasteiger partial charge on any atom is 0.255 e. The molecule has 1 fully saturated rings. The highest BCUT2D eigenvalue weighted by Crippen LogP contribution is 2.35. The van der Waals surface area contributed by atoms with E-state index in [0.717, 1.165) is 29.2 Å². The van der Waals surface area contributed by atoms with E-state index in [1.54, 1.807) is 16.7 Å². The van der Waals surface area contributed by atoms with Crippen molar-refractivity contribution in [3.8, 4) is 0 Å². The molecule has 0 spiro atoms. The van der Waals surface area contributed by atoms with Crippen LogP contribution in [0.3, 0.4) is 0 Å². The standard InChI is InChI=1S/C26H31N3O3S/c1-26(2,3)27-14-13-17-7-9-18(10-8-17)16-33-22-6-4-5-19-20(22)15-29(25(19)32)21-11-12-23(30)28-24(21)31/h4-10,21,27H,11-16H2,1-3H3,(H,28,30,31). The van der Waals surface area contributed by atoms with Crippen molar-refractivity contribution in [2.45, 2.75) is 68.8 Å². The van der Waals surface area contributed by atoms with Crippen molar-refractivity contribution in [2.75, 3.05) is 6.54 Å². The van der Waals surface area contributed by atoms with Gasteiger partial charge in [-0.1, -0.05) is 30.3 Å². The molecule has 1 atom stereocenters. The summed E-state index contributed by atoms with van der Waals surface area (Å²) in [4.78, 5) is 39.4. The first-order chi connectivity index (χ1) is 15.7. The molecular weight excluding hydrogens is 434 g/mol. The number of carbonyl (C=O) groups is 3. The number of amides is 3. The van der Waals surface area contributed by atoms with Crippen LogP contribution in [0, 0.1) is 0 Å². The number of benzene rings is 2. The molecule has 2 aliphatic rings. The van der Waals surface area contributed by atoms with Gasteiger partial charge in [0.15, 0.2) is 0 Å². The minimum absolute atomic E-state index is 0.127. The van der Waals surface area contributed by atoms with Crippen molar-refractivity contribution in [2.24, 2.45) is 0 Å². The van der Waals surface area contributed by atoms with E-state index in [1.165, 1.54) is 11.1 Å². The van der Waals surface area contributed by atoms with E-state index >= 15 is 0 Å². The molecule has 174 valence electrons. The fourth-order valence-electron chi connectivity index (χ4n) is 4.24. The summed E-state index contributed by atoms with van der Waals surface area (Å²) >= 11 is 1.71. The molecule has 0 aliphatic carbocycles. The molecule has 2 aromatic rings. The topological polar surface area (TPSA) is 78.5 Å². The number of nitrogens with one attached hydrogen (secondary N) is 2. The van der Waals surface area contributed by atoms with E-state index in [2.05, 4.69) is 55.7 Å². The molecule has 1 unspecified atom stereocenters. The fourth-order valence-corrected chi connectivity index (χ4v) is 5.28. The smallest absolute Gasteiger partial charge is 0.255 e. The van der Waals surface area contributed by atoms with Gasteiger partial charge in [0, 0.05) is 34.7 Å². The fraction of sp³-hybridized carbons (Fsp3) is 0.423. The normalized spacial score (nSPS) is 18.5. The molecular formula is C26H31N3O3S. The van der Waals surface area contributed by atoms with E-state index in [9.17, 15) is 14.4 Å². The van der Waals surface area contributed by atoms with Gasteiger partial charge in [-0.2, -0.15) is 0 Å². The zero-order chi connectivity index (χ0) is 23.6. The van der Waals surface area contributed by atoms with E-state index < -0.39 is 6.04 Å². The average Bonchev–Trinajstić information content (AvgIpc) is 3.09. The first kappa shape index (κ1) is 23.5. The summed E-state index contributed by atoms with van der Waals surface area (Å²) < 4.78 is 0. The van der Waals surface area contributed by atoms with Crippen LogP contribution in [-0.4, -0.2) is 40.7 Å². The van der Waals surface area contributed by atoms with Gasteiger partial charge >= 0.3 is 0 Å². The third-order valence-electron chi connectivity index (χ3n) is 6.03. The number of fused-ring (bicyclic) bond motifs is 1. The molecule has 3 amide bonds. The zero-order valence-corrected chi connectivity index (χ0v) is 20.3. The van der Waals surface area contributed by atoms with Gasteiger partial charge in [-0.05, 0) is 69.0 Å². The molecule has 2 N–H and O–H groups in total. The number of hydrogen-bond acceptors (Lipinski definition) is 5. The van der Waals surface area contributed by atoms with E-state index in [4.69, 9.17) is 0 Å². The molecule has 0 bridgehead atoms. The Bertz CT molecular complexity index is 1060. The molecule has 6 nitrogen and oxygen atoms in total. The molecule has 2 aromatic carbocycles. The lowest BCUT2D eigenvalue weighted by molar-refractivity contribution is -0.136. The minimum Gasteiger partial charge on any atom is -0.322 e. The number of thioether (sulfide) groups is 1. The summed E-state index contributed by atoms with van der Waals surface area (Å²) in [6, 6.07) is 13.9. The predicted octanol–water partition coefficient (Wildman–Crippen LogP) is 3.67. The highest BCUT2D eigenvalue weighted by atomic mass is 32.2. The van der Waals surface area contributed by atoms with Crippen LogP contribution in [0.25, 0.3) is 0 Å². The van der Waals surface area contributed by atoms with Crippen LogP contribution in [0.4, 0.5) is 0 Å². The van der Waals surface area contributed by atoms with Gasteiger partial charge in [0.2, 0.25) is 11.8 Å². The second kappa shape index (κ2) is 9.69. The van der Waals surface area contributed by atoms with Crippen LogP contribution in [0.1, 0.15) is 60.7 Å². The molecule has 2 heterocycles. The maximum absolute atomic E-state index is 13.0. The quantitative estimate of drug-likeness (QED) is 0.482. The van der Waals surface area contributed by atoms with Crippen LogP contribution >= 0.6 is 11.8 Å². The third-order valence-corrected chi connectivity index (χ3v) is 7.20. The monoisotopic (exact) mass is 465 g/mol. The van der Waals surface area contributed by atoms with E-state index in [-0.39, 0.29) is 29.7 Å². The van der Waals surface area contributed by atoms with Crippen LogP contribution in [0.5, 0.6) is 0 Å². The Morgan fingerprint density at radius 3 is 2.48 bits per heavy atom. The van der Waals surface area contributed by atoms with Crippen molar-refractivity contribution in [3.05, 3.63) is 64.7 Å². The Hall–Kier alpha value is -2.64. The average molecular weight is 466 g/mol. The summed E-state index contributed by atoms with van der Waals surface area (Å²) in [6.45, 7) is 7.87. The first-order valence-electron chi connectivity index (χ1n) is 11.4. The highest BCUT2D eigenvalue weighted by molar-refractivity contribution is 7.98. The lowest BCUT2D eigenvalue weighted by Gasteiger charge is -2.29. The summed E-state index contributed by atoms with van der Waals surface area (Å²) in [6.07, 6.45) is 1.64. The van der Waals surface area contributed by atoms with Crippen LogP contribution < -0.4 is 10.6 Å². The van der Waals surface area contributed by atoms with Crippen molar-refractivity contribution in [1.82, 2.24) is 15.5 Å². The van der Waals surface area contributed by atoms with Gasteiger partial charge in [0.1, 0.15) is 6.04 Å². The van der Waals surface area contributed by atoms with Gasteiger partial charge in [-0.15, -0.1) is 11.8 Å². The molecule has 2 aliphatic heterocycles. The predicted molar refractivity (Wildman–Crippen MR) is 130 cm³/mol. The summed E-state index contributed by atoms with van der Waals surface area (Å²) in [7, 11) is 0. The second-order valence-corrected chi connectivity index (χ2v) is 10.7. The number of rotatable bonds is 7. The van der Waals surface area contributed by atoms with Gasteiger partial charge < -0.3 is 10.2 Å². The largest absolute Gasteiger partial charge is 0.322 e. The minimum atomic E-state index is -0.583. The summed E-state index contributed by atoms with van der Waals surface area (Å²) in [5.74, 6) is 0.0338. The number of hydrogen-bond donors (Lipinski definition) is 2. The SMILES string of the molecule is CC(C)(C)NCCc1ccc(CSc2cccc3c2CN(C2CCC(=O)NC2=O)C3=O)cc1. The van der Waals surface area contributed by atoms with Crippen LogP contribution in [0.2, 0.25) is 0 Å². The molecule has 1 saturated heterocycles. The molecule has 0 aromatic heterocycles. The number of nitrogens with zero attached hydrogens (tertiary/aromatic N) is 1. The van der Waals surface area contributed by atoms with Crippen molar-refractivity contribution in [3.63, 3.8) is 0 Å². The van der Waals surface area contributed by atoms with E-state index in [1.807, 2.05) is 18.2 Å². The lowest BCUT2D eigenvalue weighted by Crippen LogP contribution is -2.52. The first-order valence-corrected chi connectivity index (χ1v) is 12.4. The van der Waals surface area contributed by atoms with Gasteiger partial charge in [-0.25, -0.2) is 0 Å². The molecule has 4 rings (SSSR count). The van der Waals surface area contributed by atoms with Gasteiger partial charge in [-0.3, -0.25) is 19.7 Å². The van der Waals surface area contributed by atoms with Crippen LogP contribution in [0.15, 0.2) is 47.4 Å². The van der Waals surface area contributed by atoms with Crippen molar-refractivity contribution < 1.29 is 14.4 Å². The van der Waals surface area contributed by atoms with Crippen LogP contribution in [-0.2, 0) is 28.3 Å². The number of imide groups is 1. The molecule has 33 heavy (non-hydrogen) atoms. The summed E-state index contributed by atoms with van der Waals surface area (Å²) in [5.41, 5.74) is 4.30. The Balaban J connectivity index is 1.38. The zero-order valence-electron chi connectivity index (χ0n) is 19.4. The van der Waals surface area contributed by atoms with Crippen molar-refractivity contribution >= 4 is 29.5 Å². The molecule has 0 radical (unpaired) electrons. The number of piperidine rings is 1. The third kappa shape index (κ3) is 5.65. The number of carbonyl (C=O) groups excluding carboxylic acids is 3. The summed E-state index contributed by atoms with van der Waals surface area (Å²) in [5, 5.41) is 5.87. The molecule has 7 heteroatoms. The van der Waals surface area contributed by atoms with Crippen molar-refractivity contribution in [1.29, 1.82) is 0 Å². The van der Waals surface area contributed by atoms with Gasteiger partial charge in [0.05, 0.1) is 0 Å². The Morgan fingerprint density at radius 1 is 1.06 bits per heavy atom. The molecule has 0 saturated carbocycles. The Kier molecular flexibility index (Phi) is 6.91. The lowest BCUT2D eigenvalue weighted by atomic mass is 10.0.